The van der Waals surface area contributed by atoms with E-state index in [1.807, 2.05) is 24.3 Å². The minimum Gasteiger partial charge on any atom is -0.350 e. The molecule has 6 nitrogen and oxygen atoms in total. The number of amides is 3. The highest BCUT2D eigenvalue weighted by atomic mass is 79.9. The van der Waals surface area contributed by atoms with Crippen molar-refractivity contribution < 1.29 is 14.4 Å². The van der Waals surface area contributed by atoms with Crippen molar-refractivity contribution in [3.8, 4) is 0 Å². The van der Waals surface area contributed by atoms with E-state index in [4.69, 9.17) is 0 Å². The summed E-state index contributed by atoms with van der Waals surface area (Å²) in [7, 11) is 0. The molecule has 0 bridgehead atoms. The van der Waals surface area contributed by atoms with Gasteiger partial charge in [0, 0.05) is 29.3 Å². The number of halogens is 1. The predicted octanol–water partition coefficient (Wildman–Crippen LogP) is 3.62. The van der Waals surface area contributed by atoms with Crippen LogP contribution >= 0.6 is 15.9 Å². The highest BCUT2D eigenvalue weighted by Crippen LogP contribution is 2.31. The second-order valence-corrected chi connectivity index (χ2v) is 6.91. The van der Waals surface area contributed by atoms with Crippen LogP contribution in [0.25, 0.3) is 5.57 Å². The van der Waals surface area contributed by atoms with E-state index in [1.165, 1.54) is 11.8 Å². The van der Waals surface area contributed by atoms with Crippen molar-refractivity contribution in [2.75, 3.05) is 17.2 Å². The second kappa shape index (κ2) is 7.75. The molecule has 0 unspecified atom stereocenters. The van der Waals surface area contributed by atoms with Gasteiger partial charge >= 0.3 is 0 Å². The summed E-state index contributed by atoms with van der Waals surface area (Å²) >= 11 is 3.40. The number of imide groups is 1. The molecule has 1 heterocycles. The van der Waals surface area contributed by atoms with Crippen LogP contribution in [0.3, 0.4) is 0 Å². The smallest absolute Gasteiger partial charge is 0.278 e. The summed E-state index contributed by atoms with van der Waals surface area (Å²) in [6.07, 6.45) is 0. The fourth-order valence-corrected chi connectivity index (χ4v) is 3.28. The topological polar surface area (TPSA) is 78.5 Å². The van der Waals surface area contributed by atoms with Gasteiger partial charge in [-0.05, 0) is 42.8 Å². The Hall–Kier alpha value is -2.93. The molecule has 2 N–H and O–H groups in total. The lowest BCUT2D eigenvalue weighted by molar-refractivity contribution is -0.136. The Kier molecular flexibility index (Phi) is 5.41. The van der Waals surface area contributed by atoms with Crippen LogP contribution in [0.15, 0.2) is 58.7 Å². The van der Waals surface area contributed by atoms with Gasteiger partial charge in [0.15, 0.2) is 0 Å². The molecule has 0 aromatic heterocycles. The quantitative estimate of drug-likeness (QED) is 0.714. The maximum atomic E-state index is 12.8. The van der Waals surface area contributed by atoms with Gasteiger partial charge in [-0.2, -0.15) is 0 Å². The number of rotatable bonds is 5. The van der Waals surface area contributed by atoms with E-state index >= 15 is 0 Å². The van der Waals surface area contributed by atoms with Gasteiger partial charge in [-0.15, -0.1) is 0 Å². The number of nitrogens with one attached hydrogen (secondary N) is 2. The first-order valence-electron chi connectivity index (χ1n) is 8.41. The molecule has 1 aliphatic heterocycles. The molecule has 0 radical (unpaired) electrons. The van der Waals surface area contributed by atoms with E-state index in [0.29, 0.717) is 22.5 Å². The maximum Gasteiger partial charge on any atom is 0.278 e. The molecule has 0 saturated carbocycles. The molecule has 0 fully saturated rings. The summed E-state index contributed by atoms with van der Waals surface area (Å²) in [6, 6.07) is 14.2. The highest BCUT2D eigenvalue weighted by Gasteiger charge is 2.38. The van der Waals surface area contributed by atoms with Gasteiger partial charge in [0.05, 0.1) is 5.57 Å². The van der Waals surface area contributed by atoms with Crippen molar-refractivity contribution in [1.82, 2.24) is 4.90 Å². The van der Waals surface area contributed by atoms with Crippen molar-refractivity contribution >= 4 is 50.6 Å². The van der Waals surface area contributed by atoms with E-state index < -0.39 is 0 Å². The lowest BCUT2D eigenvalue weighted by Crippen LogP contribution is -2.32. The molecule has 3 rings (SSSR count). The van der Waals surface area contributed by atoms with E-state index in [1.54, 1.807) is 31.2 Å². The van der Waals surface area contributed by atoms with Crippen molar-refractivity contribution in [1.29, 1.82) is 0 Å². The van der Waals surface area contributed by atoms with Gasteiger partial charge in [0.2, 0.25) is 5.91 Å². The van der Waals surface area contributed by atoms with Gasteiger partial charge in [-0.1, -0.05) is 34.1 Å². The van der Waals surface area contributed by atoms with Crippen LogP contribution in [0.1, 0.15) is 19.4 Å². The molecule has 7 heteroatoms. The van der Waals surface area contributed by atoms with E-state index in [0.717, 1.165) is 4.47 Å². The van der Waals surface area contributed by atoms with Crippen LogP contribution < -0.4 is 10.6 Å². The zero-order valence-corrected chi connectivity index (χ0v) is 16.5. The van der Waals surface area contributed by atoms with E-state index in [-0.39, 0.29) is 30.0 Å². The first-order chi connectivity index (χ1) is 12.9. The van der Waals surface area contributed by atoms with Crippen LogP contribution in [0.4, 0.5) is 11.4 Å². The fourth-order valence-electron chi connectivity index (χ4n) is 2.88. The second-order valence-electron chi connectivity index (χ2n) is 6.00. The van der Waals surface area contributed by atoms with Crippen molar-refractivity contribution in [2.24, 2.45) is 0 Å². The number of hydrogen-bond acceptors (Lipinski definition) is 4. The maximum absolute atomic E-state index is 12.8. The summed E-state index contributed by atoms with van der Waals surface area (Å²) < 4.78 is 0.860. The third-order valence-electron chi connectivity index (χ3n) is 4.07. The Bertz CT molecular complexity index is 951. The van der Waals surface area contributed by atoms with Gasteiger partial charge in [0.1, 0.15) is 5.70 Å². The predicted molar refractivity (Wildman–Crippen MR) is 108 cm³/mol. The summed E-state index contributed by atoms with van der Waals surface area (Å²) in [5.74, 6) is -0.876. The molecule has 1 aliphatic rings. The van der Waals surface area contributed by atoms with E-state index in [9.17, 15) is 14.4 Å². The van der Waals surface area contributed by atoms with Crippen LogP contribution in [0.2, 0.25) is 0 Å². The summed E-state index contributed by atoms with van der Waals surface area (Å²) in [6.45, 7) is 3.47. The Morgan fingerprint density at radius 1 is 1.04 bits per heavy atom. The SMILES string of the molecule is CCN1C(=O)C(Nc2cccc(Br)c2)=C(c2ccc(NC(C)=O)cc2)C1=O. The lowest BCUT2D eigenvalue weighted by Gasteiger charge is -2.12. The van der Waals surface area contributed by atoms with Crippen molar-refractivity contribution in [3.05, 3.63) is 64.3 Å². The van der Waals surface area contributed by atoms with Gasteiger partial charge in [0.25, 0.3) is 11.8 Å². The molecule has 0 aliphatic carbocycles. The zero-order chi connectivity index (χ0) is 19.6. The standard InChI is InChI=1S/C20H18BrN3O3/c1-3-24-19(26)17(13-7-9-15(10-8-13)22-12(2)25)18(20(24)27)23-16-6-4-5-14(21)11-16/h4-11,23H,3H2,1-2H3,(H,22,25). The number of benzene rings is 2. The van der Waals surface area contributed by atoms with Crippen LogP contribution in [-0.4, -0.2) is 29.2 Å². The fraction of sp³-hybridized carbons (Fsp3) is 0.150. The normalized spacial score (nSPS) is 14.0. The number of carbonyl (C=O) groups excluding carboxylic acids is 3. The molecule has 2 aromatic carbocycles. The molecule has 27 heavy (non-hydrogen) atoms. The summed E-state index contributed by atoms with van der Waals surface area (Å²) in [5.41, 5.74) is 2.49. The van der Waals surface area contributed by atoms with Gasteiger partial charge < -0.3 is 10.6 Å². The molecule has 2 aromatic rings. The zero-order valence-electron chi connectivity index (χ0n) is 14.9. The average molecular weight is 428 g/mol. The number of hydrogen-bond donors (Lipinski definition) is 2. The number of carbonyl (C=O) groups is 3. The molecular weight excluding hydrogens is 410 g/mol. The molecule has 138 valence electrons. The van der Waals surface area contributed by atoms with Crippen LogP contribution in [0, 0.1) is 0 Å². The largest absolute Gasteiger partial charge is 0.350 e. The minimum atomic E-state index is -0.358. The van der Waals surface area contributed by atoms with Crippen LogP contribution in [0.5, 0.6) is 0 Å². The van der Waals surface area contributed by atoms with E-state index in [2.05, 4.69) is 26.6 Å². The molecule has 0 saturated heterocycles. The molecule has 0 spiro atoms. The number of likely N-dealkylation sites (N-methyl/N-ethyl adjacent to an activating group) is 1. The first kappa shape index (κ1) is 18.8. The molecular formula is C20H18BrN3O3. The van der Waals surface area contributed by atoms with Gasteiger partial charge in [-0.25, -0.2) is 0 Å². The Balaban J connectivity index is 2.02. The minimum absolute atomic E-state index is 0.178. The van der Waals surface area contributed by atoms with Crippen molar-refractivity contribution in [2.45, 2.75) is 13.8 Å². The Labute approximate surface area is 165 Å². The van der Waals surface area contributed by atoms with Crippen LogP contribution in [-0.2, 0) is 14.4 Å². The summed E-state index contributed by atoms with van der Waals surface area (Å²) in [5, 5.41) is 5.77. The third kappa shape index (κ3) is 3.93. The Morgan fingerprint density at radius 2 is 1.74 bits per heavy atom. The average Bonchev–Trinajstić information content (AvgIpc) is 2.85. The molecule has 3 amide bonds. The van der Waals surface area contributed by atoms with Gasteiger partial charge in [-0.3, -0.25) is 19.3 Å². The summed E-state index contributed by atoms with van der Waals surface area (Å²) in [4.78, 5) is 37.9. The molecule has 0 atom stereocenters. The number of anilines is 2. The number of nitrogens with zero attached hydrogens (tertiary/aromatic N) is 1. The lowest BCUT2D eigenvalue weighted by atomic mass is 10.0. The highest BCUT2D eigenvalue weighted by molar-refractivity contribution is 9.10. The third-order valence-corrected chi connectivity index (χ3v) is 4.57. The van der Waals surface area contributed by atoms with Crippen molar-refractivity contribution in [3.63, 3.8) is 0 Å². The Morgan fingerprint density at radius 3 is 2.33 bits per heavy atom. The first-order valence-corrected chi connectivity index (χ1v) is 9.21. The monoisotopic (exact) mass is 427 g/mol.